The zero-order valence-electron chi connectivity index (χ0n) is 11.4. The van der Waals surface area contributed by atoms with Crippen molar-refractivity contribution in [2.24, 2.45) is 0 Å². The highest BCUT2D eigenvalue weighted by Gasteiger charge is 2.37. The monoisotopic (exact) mass is 252 g/mol. The molecule has 96 valence electrons. The summed E-state index contributed by atoms with van der Waals surface area (Å²) in [6.07, 6.45) is 4.73. The Bertz CT molecular complexity index is 334. The second kappa shape index (κ2) is 6.47. The van der Waals surface area contributed by atoms with Gasteiger partial charge in [-0.1, -0.05) is 33.4 Å². The molecule has 0 saturated heterocycles. The first-order chi connectivity index (χ1) is 7.74. The first-order valence-electron chi connectivity index (χ1n) is 5.59. The Balaban J connectivity index is 4.45. The molecule has 0 aromatic carbocycles. The second-order valence-electron chi connectivity index (χ2n) is 5.26. The van der Waals surface area contributed by atoms with Crippen molar-refractivity contribution in [3.63, 3.8) is 0 Å². The molecule has 0 aliphatic heterocycles. The van der Waals surface area contributed by atoms with Gasteiger partial charge in [-0.05, 0) is 18.1 Å². The lowest BCUT2D eigenvalue weighted by atomic mass is 10.2. The number of nitrogens with zero attached hydrogens (tertiary/aromatic N) is 1. The van der Waals surface area contributed by atoms with Gasteiger partial charge in [-0.3, -0.25) is 0 Å². The molecule has 17 heavy (non-hydrogen) atoms. The van der Waals surface area contributed by atoms with Crippen LogP contribution in [0.1, 0.15) is 20.8 Å². The molecule has 0 aliphatic rings. The molecule has 0 saturated carbocycles. The van der Waals surface area contributed by atoms with Crippen molar-refractivity contribution in [3.8, 4) is 0 Å². The van der Waals surface area contributed by atoms with E-state index in [0.717, 1.165) is 0 Å². The molecule has 3 nitrogen and oxygen atoms in total. The number of hydrogen-bond donors (Lipinski definition) is 0. The van der Waals surface area contributed by atoms with E-state index in [1.807, 2.05) is 5.87 Å². The van der Waals surface area contributed by atoms with Crippen molar-refractivity contribution in [2.75, 3.05) is 6.61 Å². The molecule has 0 unspecified atom stereocenters. The van der Waals surface area contributed by atoms with Crippen LogP contribution in [0.3, 0.4) is 0 Å². The van der Waals surface area contributed by atoms with Gasteiger partial charge in [0.15, 0.2) is 0 Å². The van der Waals surface area contributed by atoms with Gasteiger partial charge in [-0.25, -0.2) is 5.87 Å². The Labute approximate surface area is 105 Å². The van der Waals surface area contributed by atoms with Gasteiger partial charge < -0.3 is 14.6 Å². The average molecular weight is 252 g/mol. The molecular weight excluding hydrogens is 230 g/mol. The fourth-order valence-electron chi connectivity index (χ4n) is 0.709. The van der Waals surface area contributed by atoms with E-state index in [0.29, 0.717) is 6.61 Å². The first-order valence-corrected chi connectivity index (χ1v) is 8.50. The van der Waals surface area contributed by atoms with Crippen LogP contribution >= 0.6 is 0 Å². The van der Waals surface area contributed by atoms with Crippen LogP contribution in [0.4, 0.5) is 0 Å². The van der Waals surface area contributed by atoms with E-state index >= 15 is 0 Å². The van der Waals surface area contributed by atoms with Gasteiger partial charge in [0.25, 0.3) is 0 Å². The molecule has 0 rings (SSSR count). The summed E-state index contributed by atoms with van der Waals surface area (Å²) < 4.78 is 10.9. The summed E-state index contributed by atoms with van der Waals surface area (Å²) >= 11 is 0. The lowest BCUT2D eigenvalue weighted by Gasteiger charge is -2.34. The third-order valence-corrected chi connectivity index (χ3v) is 7.19. The molecule has 0 N–H and O–H groups in total. The average Bonchev–Trinajstić information content (AvgIpc) is 2.21. The minimum atomic E-state index is -1.80. The summed E-state index contributed by atoms with van der Waals surface area (Å²) in [4.78, 5) is 0. The van der Waals surface area contributed by atoms with Crippen LogP contribution in [0.15, 0.2) is 30.8 Å². The molecule has 0 fully saturated rings. The van der Waals surface area contributed by atoms with Crippen LogP contribution in [0.2, 0.25) is 18.1 Å². The van der Waals surface area contributed by atoms with Crippen molar-refractivity contribution in [1.29, 1.82) is 0 Å². The van der Waals surface area contributed by atoms with Crippen molar-refractivity contribution in [3.05, 3.63) is 36.2 Å². The lowest BCUT2D eigenvalue weighted by Crippen LogP contribution is -2.39. The highest BCUT2D eigenvalue weighted by atomic mass is 28.4. The molecule has 0 atom stereocenters. The van der Waals surface area contributed by atoms with Gasteiger partial charge in [0.1, 0.15) is 12.4 Å². The number of ether oxygens (including phenoxy) is 1. The van der Waals surface area contributed by atoms with Gasteiger partial charge in [-0.2, -0.15) is 0 Å². The van der Waals surface area contributed by atoms with E-state index in [1.54, 1.807) is 18.4 Å². The summed E-state index contributed by atoms with van der Waals surface area (Å²) in [5.41, 5.74) is 0. The van der Waals surface area contributed by atoms with E-state index in [4.69, 9.17) is 14.6 Å². The summed E-state index contributed by atoms with van der Waals surface area (Å²) in [5, 5.41) is 8.95. The largest absolute Gasteiger partial charge is 0.760 e. The van der Waals surface area contributed by atoms with Crippen molar-refractivity contribution >= 4 is 14.2 Å². The van der Waals surface area contributed by atoms with Crippen molar-refractivity contribution < 1.29 is 9.16 Å². The van der Waals surface area contributed by atoms with Crippen LogP contribution < -0.4 is 0 Å². The van der Waals surface area contributed by atoms with Gasteiger partial charge in [-0.15, -0.1) is 0 Å². The minimum Gasteiger partial charge on any atom is -0.760 e. The minimum absolute atomic E-state index is 0.145. The van der Waals surface area contributed by atoms with E-state index in [-0.39, 0.29) is 10.8 Å². The Morgan fingerprint density at radius 2 is 2.00 bits per heavy atom. The summed E-state index contributed by atoms with van der Waals surface area (Å²) in [7, 11) is -1.80. The third-order valence-electron chi connectivity index (χ3n) is 2.86. The summed E-state index contributed by atoms with van der Waals surface area (Å²) in [6, 6.07) is 0. The fraction of sp³-hybridized carbons (Fsp3) is 0.538. The van der Waals surface area contributed by atoms with E-state index in [9.17, 15) is 0 Å². The maximum Gasteiger partial charge on any atom is 0.249 e. The lowest BCUT2D eigenvalue weighted by molar-refractivity contribution is 0.266. The molecular formula is C13H22NO2Si-. The molecule has 0 bridgehead atoms. The Morgan fingerprint density at radius 1 is 1.41 bits per heavy atom. The standard InChI is InChI=1S/C13H22NO2Si/c1-7-9-15-12(11-14)8-10-16-17(5,6)13(2,3)4/h7-8,10H,1,9H2,2-6H3/q-1/b10-8+. The fourth-order valence-corrected chi connectivity index (χ4v) is 1.47. The van der Waals surface area contributed by atoms with Crippen molar-refractivity contribution in [2.45, 2.75) is 38.9 Å². The van der Waals surface area contributed by atoms with Crippen LogP contribution in [0, 0.1) is 0 Å². The topological polar surface area (TPSA) is 40.8 Å². The Morgan fingerprint density at radius 3 is 2.41 bits per heavy atom. The van der Waals surface area contributed by atoms with E-state index < -0.39 is 8.32 Å². The molecule has 0 spiro atoms. The van der Waals surface area contributed by atoms with E-state index in [1.165, 1.54) is 0 Å². The van der Waals surface area contributed by atoms with E-state index in [2.05, 4.69) is 40.4 Å². The zero-order chi connectivity index (χ0) is 13.5. The third kappa shape index (κ3) is 5.57. The predicted octanol–water partition coefficient (Wildman–Crippen LogP) is 3.85. The summed E-state index contributed by atoms with van der Waals surface area (Å²) in [5.74, 6) is 2.20. The van der Waals surface area contributed by atoms with Crippen molar-refractivity contribution in [1.82, 2.24) is 0 Å². The molecule has 4 heteroatoms. The highest BCUT2D eigenvalue weighted by molar-refractivity contribution is 6.74. The number of allylic oxidation sites excluding steroid dienone is 1. The van der Waals surface area contributed by atoms with Crippen LogP contribution in [-0.2, 0) is 9.16 Å². The molecule has 0 radical (unpaired) electrons. The van der Waals surface area contributed by atoms with Crippen LogP contribution in [0.5, 0.6) is 0 Å². The van der Waals surface area contributed by atoms with Gasteiger partial charge in [0.05, 0.1) is 6.26 Å². The van der Waals surface area contributed by atoms with Crippen LogP contribution in [-0.4, -0.2) is 20.8 Å². The maximum absolute atomic E-state index is 8.80. The SMILES string of the molecule is C=CCOC(=C=[N-])/C=C/O[Si](C)(C)C(C)(C)C. The zero-order valence-corrected chi connectivity index (χ0v) is 12.4. The van der Waals surface area contributed by atoms with Crippen LogP contribution in [0.25, 0.3) is 5.41 Å². The predicted molar refractivity (Wildman–Crippen MR) is 75.5 cm³/mol. The number of rotatable bonds is 6. The summed E-state index contributed by atoms with van der Waals surface area (Å²) in [6.45, 7) is 14.6. The number of hydrogen-bond acceptors (Lipinski definition) is 2. The first kappa shape index (κ1) is 15.7. The van der Waals surface area contributed by atoms with Gasteiger partial charge in [0, 0.05) is 6.08 Å². The second-order valence-corrected chi connectivity index (χ2v) is 10.0. The molecule has 0 aromatic rings. The molecule has 0 amide bonds. The maximum atomic E-state index is 8.80. The Hall–Kier alpha value is -1.25. The van der Waals surface area contributed by atoms with Gasteiger partial charge >= 0.3 is 0 Å². The molecule has 0 aromatic heterocycles. The normalized spacial score (nSPS) is 12.1. The smallest absolute Gasteiger partial charge is 0.249 e. The highest BCUT2D eigenvalue weighted by Crippen LogP contribution is 2.36. The molecule has 0 heterocycles. The Kier molecular flexibility index (Phi) is 6.00. The molecule has 0 aliphatic carbocycles. The van der Waals surface area contributed by atoms with Gasteiger partial charge in [0.2, 0.25) is 8.32 Å². The quantitative estimate of drug-likeness (QED) is 0.237.